The number of carboxylic acids is 4. The van der Waals surface area contributed by atoms with Crippen LogP contribution in [0.2, 0.25) is 0 Å². The number of carboxylic acid groups (broad SMARTS) is 4. The summed E-state index contributed by atoms with van der Waals surface area (Å²) in [6.45, 7) is 21.8. The molecule has 0 saturated carbocycles. The van der Waals surface area contributed by atoms with E-state index in [1.54, 1.807) is 19.6 Å². The van der Waals surface area contributed by atoms with E-state index in [4.69, 9.17) is 0 Å². The molecule has 0 heterocycles. The first-order valence-electron chi connectivity index (χ1n) is 50.4. The minimum atomic E-state index is -1.07. The average molecular weight is 1690 g/mol. The van der Waals surface area contributed by atoms with Gasteiger partial charge in [0.05, 0.1) is 0 Å². The van der Waals surface area contributed by atoms with Gasteiger partial charge >= 0.3 is 21.7 Å². The Morgan fingerprint density at radius 2 is 0.248 bits per heavy atom. The fourth-order valence-electron chi connectivity index (χ4n) is 15.1. The van der Waals surface area contributed by atoms with Crippen molar-refractivity contribution < 1.29 is 80.5 Å². The van der Waals surface area contributed by atoms with Gasteiger partial charge in [-0.1, -0.05) is 441 Å². The molecule has 4 amide bonds. The standard InChI is InChI=1S/4C25H49NO3.Ti/c4*1-3-5-7-9-11-12-13-14-15-16-18-20-24(27)26(23-21-25(28)29)22-19-17-10-8-6-4-2;/h4*3-23H2,1-2H3,(H,28,29);/q;;;;+4/p-4. The maximum absolute atomic E-state index is 12.5. The van der Waals surface area contributed by atoms with Crippen LogP contribution < -0.4 is 20.4 Å². The molecule has 0 saturated heterocycles. The van der Waals surface area contributed by atoms with Gasteiger partial charge < -0.3 is 59.2 Å². The van der Waals surface area contributed by atoms with Gasteiger partial charge in [-0.15, -0.1) is 0 Å². The fourth-order valence-corrected chi connectivity index (χ4v) is 15.1. The minimum Gasteiger partial charge on any atom is -0.550 e. The summed E-state index contributed by atoms with van der Waals surface area (Å²) in [5.41, 5.74) is 0. The first-order chi connectivity index (χ1) is 56.5. The van der Waals surface area contributed by atoms with Crippen LogP contribution in [-0.2, 0) is 60.1 Å². The van der Waals surface area contributed by atoms with E-state index in [9.17, 15) is 58.8 Å². The predicted octanol–water partition coefficient (Wildman–Crippen LogP) is 24.1. The first-order valence-corrected chi connectivity index (χ1v) is 50.4. The number of unbranched alkanes of at least 4 members (excludes halogenated alkanes) is 60. The van der Waals surface area contributed by atoms with Gasteiger partial charge in [0.1, 0.15) is 0 Å². The summed E-state index contributed by atoms with van der Waals surface area (Å²) in [6.07, 6.45) is 86.1. The van der Waals surface area contributed by atoms with Crippen LogP contribution in [0.3, 0.4) is 0 Å². The summed E-state index contributed by atoms with van der Waals surface area (Å²) in [4.78, 5) is 100. The quantitative estimate of drug-likeness (QED) is 0.0408. The second-order valence-corrected chi connectivity index (χ2v) is 34.2. The van der Waals surface area contributed by atoms with E-state index >= 15 is 0 Å². The van der Waals surface area contributed by atoms with E-state index in [2.05, 4.69) is 55.4 Å². The number of hydrogen-bond acceptors (Lipinski definition) is 12. The number of rotatable bonds is 88. The zero-order valence-corrected chi connectivity index (χ0v) is 80.1. The van der Waals surface area contributed by atoms with Crippen molar-refractivity contribution in [1.29, 1.82) is 0 Å². The Labute approximate surface area is 738 Å². The molecule has 0 radical (unpaired) electrons. The van der Waals surface area contributed by atoms with Crippen LogP contribution in [0.25, 0.3) is 0 Å². The van der Waals surface area contributed by atoms with Gasteiger partial charge in [-0.05, 0) is 51.4 Å². The third kappa shape index (κ3) is 101. The molecule has 0 atom stereocenters. The second kappa shape index (κ2) is 103. The molecule has 0 aromatic heterocycles. The third-order valence-corrected chi connectivity index (χ3v) is 22.9. The van der Waals surface area contributed by atoms with Crippen LogP contribution in [0.15, 0.2) is 0 Å². The third-order valence-electron chi connectivity index (χ3n) is 22.9. The van der Waals surface area contributed by atoms with Crippen LogP contribution in [-0.4, -0.2) is 119 Å². The molecule has 0 N–H and O–H groups in total. The van der Waals surface area contributed by atoms with E-state index in [1.807, 2.05) is 0 Å². The minimum absolute atomic E-state index is 0. The summed E-state index contributed by atoms with van der Waals surface area (Å²) in [7, 11) is 0. The molecule has 688 valence electrons. The Kier molecular flexibility index (Phi) is 107. The predicted molar refractivity (Wildman–Crippen MR) is 483 cm³/mol. The maximum atomic E-state index is 12.5. The van der Waals surface area contributed by atoms with Gasteiger partial charge in [0.15, 0.2) is 0 Å². The second-order valence-electron chi connectivity index (χ2n) is 34.2. The van der Waals surface area contributed by atoms with Crippen molar-refractivity contribution in [1.82, 2.24) is 19.6 Å². The number of amides is 4. The first kappa shape index (κ1) is 122. The molecule has 0 aromatic carbocycles. The van der Waals surface area contributed by atoms with Crippen molar-refractivity contribution in [2.24, 2.45) is 0 Å². The van der Waals surface area contributed by atoms with Crippen LogP contribution in [0.4, 0.5) is 0 Å². The van der Waals surface area contributed by atoms with Gasteiger partial charge in [0.25, 0.3) is 0 Å². The zero-order chi connectivity index (χ0) is 86.3. The number of carbonyl (C=O) groups excluding carboxylic acids is 8. The summed E-state index contributed by atoms with van der Waals surface area (Å²) in [5, 5.41) is 43.1. The molecular formula is C100H192N4O12Ti. The van der Waals surface area contributed by atoms with Crippen molar-refractivity contribution in [2.75, 3.05) is 52.4 Å². The SMILES string of the molecule is CCCCCCCCCCCCCC(=O)N(CCCCCCCC)CCC(=O)[O-].CCCCCCCCCCCCCC(=O)N(CCCCCCCC)CCC(=O)[O-].CCCCCCCCCCCCCC(=O)N(CCCCCCCC)CCC(=O)[O-].CCCCCCCCCCCCCC(=O)N(CCCCCCCC)CCC(=O)[O-].[Ti+4]. The number of hydrogen-bond donors (Lipinski definition) is 0. The van der Waals surface area contributed by atoms with Gasteiger partial charge in [-0.2, -0.15) is 0 Å². The summed E-state index contributed by atoms with van der Waals surface area (Å²) in [5.74, 6) is -3.79. The van der Waals surface area contributed by atoms with E-state index in [0.717, 1.165) is 103 Å². The van der Waals surface area contributed by atoms with Crippen LogP contribution >= 0.6 is 0 Å². The Morgan fingerprint density at radius 3 is 0.359 bits per heavy atom. The molecule has 0 aliphatic rings. The van der Waals surface area contributed by atoms with Crippen LogP contribution in [0.1, 0.15) is 543 Å². The van der Waals surface area contributed by atoms with E-state index in [1.165, 1.54) is 334 Å². The Morgan fingerprint density at radius 1 is 0.145 bits per heavy atom. The average Bonchev–Trinajstić information content (AvgIpc) is 0.956. The van der Waals surface area contributed by atoms with E-state index in [0.29, 0.717) is 78.0 Å². The van der Waals surface area contributed by atoms with Gasteiger partial charge in [0.2, 0.25) is 23.6 Å². The monoisotopic (exact) mass is 1690 g/mol. The fraction of sp³-hybridized carbons (Fsp3) is 0.920. The normalized spacial score (nSPS) is 10.9. The zero-order valence-electron chi connectivity index (χ0n) is 78.6. The topological polar surface area (TPSA) is 242 Å². The molecule has 0 aliphatic heterocycles. The Balaban J connectivity index is -0.000000475. The van der Waals surface area contributed by atoms with Crippen LogP contribution in [0.5, 0.6) is 0 Å². The van der Waals surface area contributed by atoms with Crippen molar-refractivity contribution in [3.8, 4) is 0 Å². The molecule has 0 bridgehead atoms. The summed E-state index contributed by atoms with van der Waals surface area (Å²) < 4.78 is 0. The number of carbonyl (C=O) groups is 8. The largest absolute Gasteiger partial charge is 4.00 e. The van der Waals surface area contributed by atoms with E-state index in [-0.39, 0.29) is 71.0 Å². The number of nitrogens with zero attached hydrogens (tertiary/aromatic N) is 4. The van der Waals surface area contributed by atoms with Crippen molar-refractivity contribution in [3.05, 3.63) is 0 Å². The molecule has 17 heteroatoms. The molecule has 117 heavy (non-hydrogen) atoms. The molecule has 0 spiro atoms. The Hall–Kier alpha value is -3.53. The summed E-state index contributed by atoms with van der Waals surface area (Å²) in [6, 6.07) is 0. The molecule has 0 rings (SSSR count). The van der Waals surface area contributed by atoms with Gasteiger partial charge in [-0.25, -0.2) is 0 Å². The van der Waals surface area contributed by atoms with Crippen LogP contribution in [0, 0.1) is 0 Å². The molecule has 0 aliphatic carbocycles. The summed E-state index contributed by atoms with van der Waals surface area (Å²) >= 11 is 0. The maximum Gasteiger partial charge on any atom is 4.00 e. The molecule has 0 fully saturated rings. The molecule has 16 nitrogen and oxygen atoms in total. The smallest absolute Gasteiger partial charge is 0.550 e. The Bertz CT molecular complexity index is 1830. The van der Waals surface area contributed by atoms with Gasteiger partial charge in [-0.3, -0.25) is 19.2 Å². The molecular weight excluding hydrogens is 1500 g/mol. The van der Waals surface area contributed by atoms with Gasteiger partial charge in [0, 0.05) is 128 Å². The molecule has 0 aromatic rings. The van der Waals surface area contributed by atoms with Crippen molar-refractivity contribution in [3.63, 3.8) is 0 Å². The van der Waals surface area contributed by atoms with Crippen molar-refractivity contribution in [2.45, 2.75) is 543 Å². The molecule has 0 unspecified atom stereocenters. The number of aliphatic carboxylic acids is 4. The van der Waals surface area contributed by atoms with Crippen molar-refractivity contribution >= 4 is 47.5 Å². The van der Waals surface area contributed by atoms with E-state index < -0.39 is 23.9 Å².